The Labute approximate surface area is 134 Å². The van der Waals surface area contributed by atoms with Gasteiger partial charge in [-0.05, 0) is 46.7 Å². The summed E-state index contributed by atoms with van der Waals surface area (Å²) in [5.74, 6) is -0.163. The quantitative estimate of drug-likeness (QED) is 0.786. The van der Waals surface area contributed by atoms with Gasteiger partial charge in [-0.3, -0.25) is 4.79 Å². The number of aromatic nitrogens is 4. The van der Waals surface area contributed by atoms with Crippen LogP contribution >= 0.6 is 0 Å². The fourth-order valence-electron chi connectivity index (χ4n) is 2.46. The van der Waals surface area contributed by atoms with Crippen LogP contribution in [0.2, 0.25) is 0 Å². The Bertz CT molecular complexity index is 753. The van der Waals surface area contributed by atoms with Gasteiger partial charge in [0.25, 0.3) is 0 Å². The zero-order valence-electron chi connectivity index (χ0n) is 12.8. The first-order chi connectivity index (χ1) is 11.3. The molecule has 0 bridgehead atoms. The summed E-state index contributed by atoms with van der Waals surface area (Å²) in [4.78, 5) is 12.5. The fraction of sp³-hybridized carbons (Fsp3) is 0.176. The van der Waals surface area contributed by atoms with Crippen LogP contribution in [0.4, 0.5) is 5.69 Å². The molecule has 23 heavy (non-hydrogen) atoms. The van der Waals surface area contributed by atoms with Crippen molar-refractivity contribution in [2.45, 2.75) is 19.3 Å². The summed E-state index contributed by atoms with van der Waals surface area (Å²) in [5.41, 5.74) is 2.61. The first-order valence-corrected chi connectivity index (χ1v) is 7.47. The van der Waals surface area contributed by atoms with Crippen molar-refractivity contribution < 1.29 is 4.79 Å². The summed E-state index contributed by atoms with van der Waals surface area (Å²) in [5, 5.41) is 14.0. The average Bonchev–Trinajstić information content (AvgIpc) is 3.12. The molecule has 0 fully saturated rings. The minimum Gasteiger partial charge on any atom is -0.326 e. The molecule has 1 amide bonds. The van der Waals surface area contributed by atoms with E-state index in [0.29, 0.717) is 0 Å². The molecule has 0 saturated carbocycles. The summed E-state index contributed by atoms with van der Waals surface area (Å²) < 4.78 is 1.56. The molecule has 0 spiro atoms. The van der Waals surface area contributed by atoms with Crippen LogP contribution < -0.4 is 5.32 Å². The van der Waals surface area contributed by atoms with Gasteiger partial charge in [0.2, 0.25) is 5.91 Å². The van der Waals surface area contributed by atoms with Crippen molar-refractivity contribution in [2.75, 3.05) is 5.32 Å². The number of hydrogen-bond acceptors (Lipinski definition) is 4. The average molecular weight is 307 g/mol. The topological polar surface area (TPSA) is 72.7 Å². The number of benzene rings is 2. The van der Waals surface area contributed by atoms with E-state index in [9.17, 15) is 4.79 Å². The molecule has 0 aliphatic carbocycles. The number of nitrogens with zero attached hydrogens (tertiary/aromatic N) is 4. The first kappa shape index (κ1) is 14.9. The summed E-state index contributed by atoms with van der Waals surface area (Å²) in [6.07, 6.45) is 2.27. The van der Waals surface area contributed by atoms with E-state index in [1.54, 1.807) is 4.68 Å². The van der Waals surface area contributed by atoms with Gasteiger partial charge in [0, 0.05) is 5.69 Å². The van der Waals surface area contributed by atoms with Crippen molar-refractivity contribution in [1.82, 2.24) is 20.2 Å². The molecule has 1 N–H and O–H groups in total. The molecule has 1 heterocycles. The third-order valence-electron chi connectivity index (χ3n) is 3.68. The minimum absolute atomic E-state index is 0.00567. The number of rotatable bonds is 5. The van der Waals surface area contributed by atoms with Crippen LogP contribution in [0.5, 0.6) is 0 Å². The lowest BCUT2D eigenvalue weighted by Crippen LogP contribution is -2.20. The van der Waals surface area contributed by atoms with Crippen molar-refractivity contribution in [1.29, 1.82) is 0 Å². The lowest BCUT2D eigenvalue weighted by atomic mass is 9.95. The van der Waals surface area contributed by atoms with Gasteiger partial charge in [0.15, 0.2) is 0 Å². The lowest BCUT2D eigenvalue weighted by Gasteiger charge is -2.15. The molecule has 3 rings (SSSR count). The van der Waals surface area contributed by atoms with Crippen LogP contribution in [0.25, 0.3) is 5.69 Å². The van der Waals surface area contributed by atoms with Gasteiger partial charge in [0.05, 0.1) is 11.6 Å². The molecule has 1 aromatic heterocycles. The molecule has 0 aliphatic rings. The predicted molar refractivity (Wildman–Crippen MR) is 87.3 cm³/mol. The summed E-state index contributed by atoms with van der Waals surface area (Å²) in [6.45, 7) is 2.01. The van der Waals surface area contributed by atoms with E-state index in [1.807, 2.05) is 61.5 Å². The second-order valence-corrected chi connectivity index (χ2v) is 5.16. The van der Waals surface area contributed by atoms with Crippen LogP contribution in [-0.2, 0) is 4.79 Å². The second-order valence-electron chi connectivity index (χ2n) is 5.16. The SMILES string of the molecule is CCC(C(=O)Nc1ccc(-n2cnnn2)cc1)c1ccccc1. The highest BCUT2D eigenvalue weighted by Crippen LogP contribution is 2.22. The van der Waals surface area contributed by atoms with Crippen LogP contribution in [0, 0.1) is 0 Å². The van der Waals surface area contributed by atoms with Crippen LogP contribution in [-0.4, -0.2) is 26.1 Å². The van der Waals surface area contributed by atoms with Crippen LogP contribution in [0.1, 0.15) is 24.8 Å². The first-order valence-electron chi connectivity index (χ1n) is 7.47. The molecular weight excluding hydrogens is 290 g/mol. The normalized spacial score (nSPS) is 11.9. The van der Waals surface area contributed by atoms with Crippen molar-refractivity contribution in [2.24, 2.45) is 0 Å². The number of tetrazole rings is 1. The van der Waals surface area contributed by atoms with Crippen molar-refractivity contribution in [3.8, 4) is 5.69 Å². The van der Waals surface area contributed by atoms with Crippen molar-refractivity contribution in [3.63, 3.8) is 0 Å². The number of anilines is 1. The molecule has 0 saturated heterocycles. The zero-order valence-corrected chi connectivity index (χ0v) is 12.8. The van der Waals surface area contributed by atoms with Gasteiger partial charge >= 0.3 is 0 Å². The lowest BCUT2D eigenvalue weighted by molar-refractivity contribution is -0.117. The van der Waals surface area contributed by atoms with Crippen molar-refractivity contribution >= 4 is 11.6 Å². The number of nitrogens with one attached hydrogen (secondary N) is 1. The number of amides is 1. The molecule has 116 valence electrons. The molecule has 0 aliphatic heterocycles. The van der Waals surface area contributed by atoms with E-state index in [1.165, 1.54) is 6.33 Å². The highest BCUT2D eigenvalue weighted by atomic mass is 16.1. The monoisotopic (exact) mass is 307 g/mol. The highest BCUT2D eigenvalue weighted by molar-refractivity contribution is 5.95. The predicted octanol–water partition coefficient (Wildman–Crippen LogP) is 2.79. The van der Waals surface area contributed by atoms with Crippen molar-refractivity contribution in [3.05, 3.63) is 66.5 Å². The van der Waals surface area contributed by atoms with E-state index >= 15 is 0 Å². The van der Waals surface area contributed by atoms with Gasteiger partial charge in [-0.1, -0.05) is 37.3 Å². The van der Waals surface area contributed by atoms with E-state index in [0.717, 1.165) is 23.4 Å². The van der Waals surface area contributed by atoms with E-state index in [4.69, 9.17) is 0 Å². The van der Waals surface area contributed by atoms with Crippen LogP contribution in [0.15, 0.2) is 60.9 Å². The summed E-state index contributed by atoms with van der Waals surface area (Å²) in [6, 6.07) is 17.2. The Balaban J connectivity index is 1.72. The largest absolute Gasteiger partial charge is 0.326 e. The smallest absolute Gasteiger partial charge is 0.231 e. The molecule has 2 aromatic carbocycles. The van der Waals surface area contributed by atoms with Gasteiger partial charge in [-0.15, -0.1) is 5.10 Å². The Morgan fingerprint density at radius 1 is 1.13 bits per heavy atom. The standard InChI is InChI=1S/C17H17N5O/c1-2-16(13-6-4-3-5-7-13)17(23)19-14-8-10-15(11-9-14)22-12-18-20-21-22/h3-12,16H,2H2,1H3,(H,19,23). The Morgan fingerprint density at radius 2 is 1.87 bits per heavy atom. The van der Waals surface area contributed by atoms with E-state index in [-0.39, 0.29) is 11.8 Å². The molecular formula is C17H17N5O. The number of carbonyl (C=O) groups is 1. The summed E-state index contributed by atoms with van der Waals surface area (Å²) >= 11 is 0. The maximum absolute atomic E-state index is 12.5. The van der Waals surface area contributed by atoms with Gasteiger partial charge in [-0.2, -0.15) is 0 Å². The van der Waals surface area contributed by atoms with E-state index in [2.05, 4.69) is 20.8 Å². The second kappa shape index (κ2) is 6.83. The maximum atomic E-state index is 12.5. The highest BCUT2D eigenvalue weighted by Gasteiger charge is 2.18. The minimum atomic E-state index is -0.157. The molecule has 1 unspecified atom stereocenters. The van der Waals surface area contributed by atoms with Gasteiger partial charge < -0.3 is 5.32 Å². The molecule has 0 radical (unpaired) electrons. The zero-order chi connectivity index (χ0) is 16.1. The van der Waals surface area contributed by atoms with Crippen LogP contribution in [0.3, 0.4) is 0 Å². The third kappa shape index (κ3) is 3.42. The molecule has 1 atom stereocenters. The van der Waals surface area contributed by atoms with Gasteiger partial charge in [-0.25, -0.2) is 4.68 Å². The third-order valence-corrected chi connectivity index (χ3v) is 3.68. The Kier molecular flexibility index (Phi) is 4.42. The number of hydrogen-bond donors (Lipinski definition) is 1. The maximum Gasteiger partial charge on any atom is 0.231 e. The number of carbonyl (C=O) groups excluding carboxylic acids is 1. The molecule has 3 aromatic rings. The molecule has 6 heteroatoms. The van der Waals surface area contributed by atoms with E-state index < -0.39 is 0 Å². The Morgan fingerprint density at radius 3 is 2.48 bits per heavy atom. The summed E-state index contributed by atoms with van der Waals surface area (Å²) in [7, 11) is 0. The Hall–Kier alpha value is -3.02. The molecule has 6 nitrogen and oxygen atoms in total. The van der Waals surface area contributed by atoms with Gasteiger partial charge in [0.1, 0.15) is 6.33 Å². The fourth-order valence-corrected chi connectivity index (χ4v) is 2.46.